The number of carbonyl (C=O) groups excluding carboxylic acids is 3. The van der Waals surface area contributed by atoms with Gasteiger partial charge in [0.1, 0.15) is 6.26 Å². The van der Waals surface area contributed by atoms with Crippen LogP contribution in [0.2, 0.25) is 0 Å². The van der Waals surface area contributed by atoms with Gasteiger partial charge in [0.05, 0.1) is 25.0 Å². The molecular weight excluding hydrogens is 338 g/mol. The second kappa shape index (κ2) is 9.26. The SMILES string of the molecule is CC(C)COC(=O)Nc1cccc(NC(=O)CNC(=O)c2ccoc2)c1. The van der Waals surface area contributed by atoms with Crippen LogP contribution in [0.5, 0.6) is 0 Å². The molecule has 0 aliphatic rings. The van der Waals surface area contributed by atoms with Gasteiger partial charge in [-0.2, -0.15) is 0 Å². The van der Waals surface area contributed by atoms with Crippen molar-refractivity contribution in [3.63, 3.8) is 0 Å². The number of furan rings is 1. The van der Waals surface area contributed by atoms with Crippen LogP contribution in [0.3, 0.4) is 0 Å². The third-order valence-corrected chi connectivity index (χ3v) is 3.13. The Bertz CT molecular complexity index is 756. The Morgan fingerprint density at radius 1 is 1.12 bits per heavy atom. The van der Waals surface area contributed by atoms with Gasteiger partial charge in [-0.15, -0.1) is 0 Å². The van der Waals surface area contributed by atoms with Gasteiger partial charge in [-0.3, -0.25) is 14.9 Å². The zero-order valence-corrected chi connectivity index (χ0v) is 14.6. The second-order valence-electron chi connectivity index (χ2n) is 5.94. The molecule has 3 N–H and O–H groups in total. The minimum absolute atomic E-state index is 0.196. The van der Waals surface area contributed by atoms with Crippen molar-refractivity contribution < 1.29 is 23.5 Å². The Morgan fingerprint density at radius 3 is 2.50 bits per heavy atom. The van der Waals surface area contributed by atoms with Crippen molar-refractivity contribution in [2.75, 3.05) is 23.8 Å². The Balaban J connectivity index is 1.82. The summed E-state index contributed by atoms with van der Waals surface area (Å²) in [5.74, 6) is -0.567. The molecule has 8 nitrogen and oxygen atoms in total. The van der Waals surface area contributed by atoms with Crippen LogP contribution < -0.4 is 16.0 Å². The lowest BCUT2D eigenvalue weighted by molar-refractivity contribution is -0.115. The van der Waals surface area contributed by atoms with Crippen LogP contribution in [0.25, 0.3) is 0 Å². The van der Waals surface area contributed by atoms with Gasteiger partial charge in [0, 0.05) is 11.4 Å². The monoisotopic (exact) mass is 359 g/mol. The predicted molar refractivity (Wildman–Crippen MR) is 95.9 cm³/mol. The number of anilines is 2. The van der Waals surface area contributed by atoms with Crippen molar-refractivity contribution in [2.24, 2.45) is 5.92 Å². The minimum Gasteiger partial charge on any atom is -0.472 e. The topological polar surface area (TPSA) is 110 Å². The molecule has 0 saturated heterocycles. The summed E-state index contributed by atoms with van der Waals surface area (Å²) in [6, 6.07) is 8.11. The van der Waals surface area contributed by atoms with Gasteiger partial charge in [-0.1, -0.05) is 19.9 Å². The third kappa shape index (κ3) is 6.31. The van der Waals surface area contributed by atoms with Crippen LogP contribution in [-0.2, 0) is 9.53 Å². The van der Waals surface area contributed by atoms with E-state index in [2.05, 4.69) is 16.0 Å². The van der Waals surface area contributed by atoms with Gasteiger partial charge in [0.2, 0.25) is 5.91 Å². The van der Waals surface area contributed by atoms with Crippen molar-refractivity contribution in [1.29, 1.82) is 0 Å². The van der Waals surface area contributed by atoms with Crippen molar-refractivity contribution in [3.05, 3.63) is 48.4 Å². The maximum Gasteiger partial charge on any atom is 0.411 e. The number of carbonyl (C=O) groups is 3. The van der Waals surface area contributed by atoms with E-state index in [9.17, 15) is 14.4 Å². The zero-order valence-electron chi connectivity index (χ0n) is 14.6. The van der Waals surface area contributed by atoms with Crippen molar-refractivity contribution >= 4 is 29.3 Å². The largest absolute Gasteiger partial charge is 0.472 e. The van der Waals surface area contributed by atoms with Gasteiger partial charge in [-0.05, 0) is 30.2 Å². The Hall–Kier alpha value is -3.29. The molecule has 0 spiro atoms. The Morgan fingerprint density at radius 2 is 1.85 bits per heavy atom. The first-order chi connectivity index (χ1) is 12.4. The van der Waals surface area contributed by atoms with Crippen LogP contribution in [0.15, 0.2) is 47.3 Å². The van der Waals surface area contributed by atoms with E-state index in [1.54, 1.807) is 24.3 Å². The molecule has 0 unspecified atom stereocenters. The van der Waals surface area contributed by atoms with E-state index >= 15 is 0 Å². The molecule has 1 aromatic heterocycles. The summed E-state index contributed by atoms with van der Waals surface area (Å²) in [6.45, 7) is 4.00. The van der Waals surface area contributed by atoms with Gasteiger partial charge < -0.3 is 19.8 Å². The molecule has 0 fully saturated rings. The highest BCUT2D eigenvalue weighted by Crippen LogP contribution is 2.15. The highest BCUT2D eigenvalue weighted by molar-refractivity contribution is 5.99. The molecular formula is C18H21N3O5. The number of nitrogens with one attached hydrogen (secondary N) is 3. The summed E-state index contributed by atoms with van der Waals surface area (Å²) in [7, 11) is 0. The van der Waals surface area contributed by atoms with E-state index in [1.807, 2.05) is 13.8 Å². The molecule has 2 aromatic rings. The molecule has 2 rings (SSSR count). The molecule has 26 heavy (non-hydrogen) atoms. The summed E-state index contributed by atoms with van der Waals surface area (Å²) in [6.07, 6.45) is 2.11. The molecule has 0 aliphatic carbocycles. The minimum atomic E-state index is -0.561. The number of ether oxygens (including phenoxy) is 1. The van der Waals surface area contributed by atoms with Gasteiger partial charge in [0.15, 0.2) is 0 Å². The first-order valence-corrected chi connectivity index (χ1v) is 8.08. The van der Waals surface area contributed by atoms with Crippen LogP contribution >= 0.6 is 0 Å². The second-order valence-corrected chi connectivity index (χ2v) is 5.94. The van der Waals surface area contributed by atoms with E-state index in [-0.39, 0.29) is 12.5 Å². The van der Waals surface area contributed by atoms with E-state index in [0.29, 0.717) is 23.5 Å². The normalized spacial score (nSPS) is 10.3. The summed E-state index contributed by atoms with van der Waals surface area (Å²) >= 11 is 0. The average Bonchev–Trinajstić information content (AvgIpc) is 3.13. The molecule has 0 aliphatic heterocycles. The van der Waals surface area contributed by atoms with Gasteiger partial charge >= 0.3 is 6.09 Å². The number of amides is 3. The zero-order chi connectivity index (χ0) is 18.9. The fourth-order valence-corrected chi connectivity index (χ4v) is 1.93. The molecule has 1 heterocycles. The van der Waals surface area contributed by atoms with E-state index < -0.39 is 17.9 Å². The first-order valence-electron chi connectivity index (χ1n) is 8.08. The van der Waals surface area contributed by atoms with E-state index in [4.69, 9.17) is 9.15 Å². The standard InChI is InChI=1S/C18H21N3O5/c1-12(2)10-26-18(24)21-15-5-3-4-14(8-15)20-16(22)9-19-17(23)13-6-7-25-11-13/h3-8,11-12H,9-10H2,1-2H3,(H,19,23)(H,20,22)(H,21,24). The maximum absolute atomic E-state index is 11.9. The van der Waals surface area contributed by atoms with Crippen molar-refractivity contribution in [3.8, 4) is 0 Å². The fraction of sp³-hybridized carbons (Fsp3) is 0.278. The number of hydrogen-bond donors (Lipinski definition) is 3. The van der Waals surface area contributed by atoms with Gasteiger partial charge in [0.25, 0.3) is 5.91 Å². The molecule has 138 valence electrons. The Labute approximate surface area is 150 Å². The lowest BCUT2D eigenvalue weighted by atomic mass is 10.2. The molecule has 3 amide bonds. The lowest BCUT2D eigenvalue weighted by Gasteiger charge is -2.10. The quantitative estimate of drug-likeness (QED) is 0.704. The molecule has 0 atom stereocenters. The van der Waals surface area contributed by atoms with Crippen LogP contribution in [0.1, 0.15) is 24.2 Å². The molecule has 0 saturated carbocycles. The summed E-state index contributed by atoms with van der Waals surface area (Å²) < 4.78 is 9.84. The summed E-state index contributed by atoms with van der Waals surface area (Å²) in [4.78, 5) is 35.3. The highest BCUT2D eigenvalue weighted by Gasteiger charge is 2.10. The lowest BCUT2D eigenvalue weighted by Crippen LogP contribution is -2.32. The Kier molecular flexibility index (Phi) is 6.78. The van der Waals surface area contributed by atoms with Crippen molar-refractivity contribution in [1.82, 2.24) is 5.32 Å². The van der Waals surface area contributed by atoms with E-state index in [1.165, 1.54) is 18.6 Å². The van der Waals surface area contributed by atoms with Crippen LogP contribution in [0.4, 0.5) is 16.2 Å². The summed E-state index contributed by atoms with van der Waals surface area (Å²) in [5, 5.41) is 7.70. The average molecular weight is 359 g/mol. The molecule has 0 radical (unpaired) electrons. The predicted octanol–water partition coefficient (Wildman–Crippen LogP) is 2.85. The first kappa shape index (κ1) is 19.0. The number of hydrogen-bond acceptors (Lipinski definition) is 5. The smallest absolute Gasteiger partial charge is 0.411 e. The molecule has 8 heteroatoms. The van der Waals surface area contributed by atoms with Crippen LogP contribution in [-0.4, -0.2) is 31.1 Å². The third-order valence-electron chi connectivity index (χ3n) is 3.13. The van der Waals surface area contributed by atoms with Gasteiger partial charge in [-0.25, -0.2) is 4.79 Å². The number of benzene rings is 1. The maximum atomic E-state index is 11.9. The molecule has 0 bridgehead atoms. The summed E-state index contributed by atoms with van der Waals surface area (Å²) in [5.41, 5.74) is 1.30. The van der Waals surface area contributed by atoms with E-state index in [0.717, 1.165) is 0 Å². The van der Waals surface area contributed by atoms with Crippen LogP contribution in [0, 0.1) is 5.92 Å². The highest BCUT2D eigenvalue weighted by atomic mass is 16.5. The van der Waals surface area contributed by atoms with Crippen molar-refractivity contribution in [2.45, 2.75) is 13.8 Å². The number of rotatable bonds is 7. The molecule has 1 aromatic carbocycles. The fourth-order valence-electron chi connectivity index (χ4n) is 1.93.